The number of para-hydroxylation sites is 1. The zero-order valence-electron chi connectivity index (χ0n) is 11.9. The summed E-state index contributed by atoms with van der Waals surface area (Å²) in [6, 6.07) is 9.40. The zero-order valence-corrected chi connectivity index (χ0v) is 12.7. The molecule has 0 aromatic heterocycles. The zero-order chi connectivity index (χ0) is 15.0. The van der Waals surface area contributed by atoms with E-state index in [4.69, 9.17) is 5.11 Å². The monoisotopic (exact) mass is 295 g/mol. The third-order valence-corrected chi connectivity index (χ3v) is 3.76. The number of hydrogen-bond donors (Lipinski definition) is 1. The van der Waals surface area contributed by atoms with Crippen LogP contribution in [0.1, 0.15) is 26.7 Å². The summed E-state index contributed by atoms with van der Waals surface area (Å²) < 4.78 is 0. The van der Waals surface area contributed by atoms with Gasteiger partial charge in [0.2, 0.25) is 5.91 Å². The van der Waals surface area contributed by atoms with Crippen LogP contribution in [0.5, 0.6) is 0 Å². The largest absolute Gasteiger partial charge is 0.481 e. The van der Waals surface area contributed by atoms with Gasteiger partial charge in [0, 0.05) is 18.7 Å². The van der Waals surface area contributed by atoms with Crippen LogP contribution in [0.2, 0.25) is 0 Å². The fourth-order valence-electron chi connectivity index (χ4n) is 1.71. The Morgan fingerprint density at radius 3 is 2.45 bits per heavy atom. The molecule has 0 aliphatic rings. The molecule has 0 aliphatic heterocycles. The second-order valence-corrected chi connectivity index (χ2v) is 6.30. The highest BCUT2D eigenvalue weighted by Gasteiger charge is 2.16. The molecule has 110 valence electrons. The number of carboxylic acid groups (broad SMARTS) is 1. The summed E-state index contributed by atoms with van der Waals surface area (Å²) >= 11 is 1.59. The lowest BCUT2D eigenvalue weighted by atomic mass is 10.2. The fourth-order valence-corrected chi connectivity index (χ4v) is 2.34. The average Bonchev–Trinajstić information content (AvgIpc) is 2.41. The molecule has 0 bridgehead atoms. The Labute approximate surface area is 124 Å². The van der Waals surface area contributed by atoms with Crippen molar-refractivity contribution in [2.75, 3.05) is 17.2 Å². The number of rotatable bonds is 8. The summed E-state index contributed by atoms with van der Waals surface area (Å²) in [6.45, 7) is 4.54. The molecule has 1 rings (SSSR count). The van der Waals surface area contributed by atoms with E-state index in [-0.39, 0.29) is 12.3 Å². The van der Waals surface area contributed by atoms with E-state index in [2.05, 4.69) is 13.8 Å². The van der Waals surface area contributed by atoms with E-state index in [0.29, 0.717) is 24.0 Å². The molecule has 0 fully saturated rings. The van der Waals surface area contributed by atoms with Crippen molar-refractivity contribution in [3.05, 3.63) is 30.3 Å². The molecule has 0 atom stereocenters. The van der Waals surface area contributed by atoms with Gasteiger partial charge in [0.05, 0.1) is 5.75 Å². The smallest absolute Gasteiger partial charge is 0.303 e. The third kappa shape index (κ3) is 6.10. The number of carbonyl (C=O) groups is 2. The van der Waals surface area contributed by atoms with Crippen LogP contribution in [-0.4, -0.2) is 34.5 Å². The number of amides is 1. The molecule has 0 aliphatic carbocycles. The summed E-state index contributed by atoms with van der Waals surface area (Å²) in [5, 5.41) is 9.10. The van der Waals surface area contributed by atoms with Crippen molar-refractivity contribution in [1.82, 2.24) is 0 Å². The highest BCUT2D eigenvalue weighted by Crippen LogP contribution is 2.17. The summed E-state index contributed by atoms with van der Waals surface area (Å²) in [7, 11) is 0. The Hall–Kier alpha value is -1.49. The van der Waals surface area contributed by atoms with Crippen LogP contribution in [0, 0.1) is 0 Å². The van der Waals surface area contributed by atoms with Crippen LogP contribution in [0.3, 0.4) is 0 Å². The Kier molecular flexibility index (Phi) is 7.15. The Balaban J connectivity index is 2.68. The number of aliphatic carboxylic acids is 1. The van der Waals surface area contributed by atoms with Gasteiger partial charge in [0.1, 0.15) is 0 Å². The topological polar surface area (TPSA) is 57.6 Å². The molecule has 4 nitrogen and oxygen atoms in total. The van der Waals surface area contributed by atoms with E-state index in [1.165, 1.54) is 0 Å². The highest BCUT2D eigenvalue weighted by atomic mass is 32.2. The highest BCUT2D eigenvalue weighted by molar-refractivity contribution is 8.00. The number of nitrogens with zero attached hydrogens (tertiary/aromatic N) is 1. The Bertz CT molecular complexity index is 434. The maximum absolute atomic E-state index is 12.3. The number of carboxylic acids is 1. The van der Waals surface area contributed by atoms with Gasteiger partial charge in [0.15, 0.2) is 0 Å². The fraction of sp³-hybridized carbons (Fsp3) is 0.467. The normalized spacial score (nSPS) is 10.6. The lowest BCUT2D eigenvalue weighted by Crippen LogP contribution is -2.34. The van der Waals surface area contributed by atoms with Gasteiger partial charge in [-0.25, -0.2) is 0 Å². The van der Waals surface area contributed by atoms with Crippen LogP contribution < -0.4 is 4.90 Å². The van der Waals surface area contributed by atoms with Gasteiger partial charge in [-0.1, -0.05) is 32.0 Å². The van der Waals surface area contributed by atoms with E-state index in [1.54, 1.807) is 16.7 Å². The molecule has 0 spiro atoms. The van der Waals surface area contributed by atoms with Gasteiger partial charge in [-0.3, -0.25) is 9.59 Å². The molecular weight excluding hydrogens is 274 g/mol. The van der Waals surface area contributed by atoms with Crippen LogP contribution >= 0.6 is 11.8 Å². The van der Waals surface area contributed by atoms with Crippen molar-refractivity contribution < 1.29 is 14.7 Å². The van der Waals surface area contributed by atoms with Crippen LogP contribution in [0.15, 0.2) is 30.3 Å². The SMILES string of the molecule is CC(C)SCC(=O)N(CCCC(=O)O)c1ccccc1. The predicted molar refractivity (Wildman–Crippen MR) is 83.3 cm³/mol. The minimum atomic E-state index is -0.831. The molecule has 20 heavy (non-hydrogen) atoms. The number of anilines is 1. The van der Waals surface area contributed by atoms with E-state index in [0.717, 1.165) is 5.69 Å². The second-order valence-electron chi connectivity index (χ2n) is 4.74. The van der Waals surface area contributed by atoms with E-state index < -0.39 is 5.97 Å². The quantitative estimate of drug-likeness (QED) is 0.801. The van der Waals surface area contributed by atoms with Gasteiger partial charge in [-0.2, -0.15) is 0 Å². The van der Waals surface area contributed by atoms with Crippen molar-refractivity contribution in [1.29, 1.82) is 0 Å². The van der Waals surface area contributed by atoms with Crippen LogP contribution in [-0.2, 0) is 9.59 Å². The number of carbonyl (C=O) groups excluding carboxylic acids is 1. The van der Waals surface area contributed by atoms with Gasteiger partial charge in [0.25, 0.3) is 0 Å². The average molecular weight is 295 g/mol. The van der Waals surface area contributed by atoms with E-state index in [9.17, 15) is 9.59 Å². The van der Waals surface area contributed by atoms with E-state index >= 15 is 0 Å². The summed E-state index contributed by atoms with van der Waals surface area (Å²) in [6.07, 6.45) is 0.538. The standard InChI is InChI=1S/C15H21NO3S/c1-12(2)20-11-14(17)16(10-6-9-15(18)19)13-7-4-3-5-8-13/h3-5,7-8,12H,6,9-11H2,1-2H3,(H,18,19). The molecule has 0 heterocycles. The summed E-state index contributed by atoms with van der Waals surface area (Å²) in [5.41, 5.74) is 0.826. The van der Waals surface area contributed by atoms with Crippen molar-refractivity contribution in [2.45, 2.75) is 31.9 Å². The first kappa shape index (κ1) is 16.6. The molecule has 0 saturated carbocycles. The number of benzene rings is 1. The summed E-state index contributed by atoms with van der Waals surface area (Å²) in [5.74, 6) is -0.387. The van der Waals surface area contributed by atoms with Crippen molar-refractivity contribution in [3.63, 3.8) is 0 Å². The Morgan fingerprint density at radius 2 is 1.90 bits per heavy atom. The minimum absolute atomic E-state index is 0.0280. The lowest BCUT2D eigenvalue weighted by molar-refractivity contribution is -0.137. The predicted octanol–water partition coefficient (Wildman–Crippen LogP) is 3.03. The third-order valence-electron chi connectivity index (χ3n) is 2.68. The van der Waals surface area contributed by atoms with Crippen molar-refractivity contribution in [3.8, 4) is 0 Å². The molecule has 1 aromatic carbocycles. The molecule has 0 saturated heterocycles. The lowest BCUT2D eigenvalue weighted by Gasteiger charge is -2.23. The first-order valence-corrected chi connectivity index (χ1v) is 7.74. The van der Waals surface area contributed by atoms with Crippen LogP contribution in [0.4, 0.5) is 5.69 Å². The van der Waals surface area contributed by atoms with Crippen molar-refractivity contribution in [2.24, 2.45) is 0 Å². The molecule has 1 N–H and O–H groups in total. The molecule has 0 unspecified atom stereocenters. The van der Waals surface area contributed by atoms with Crippen molar-refractivity contribution >= 4 is 29.3 Å². The Morgan fingerprint density at radius 1 is 1.25 bits per heavy atom. The number of hydrogen-bond acceptors (Lipinski definition) is 3. The van der Waals surface area contributed by atoms with Gasteiger partial charge >= 0.3 is 5.97 Å². The van der Waals surface area contributed by atoms with Crippen LogP contribution in [0.25, 0.3) is 0 Å². The molecule has 5 heteroatoms. The minimum Gasteiger partial charge on any atom is -0.481 e. The summed E-state index contributed by atoms with van der Waals surface area (Å²) in [4.78, 5) is 24.6. The van der Waals surface area contributed by atoms with E-state index in [1.807, 2.05) is 30.3 Å². The molecule has 0 radical (unpaired) electrons. The second kappa shape index (κ2) is 8.64. The van der Waals surface area contributed by atoms with Gasteiger partial charge in [-0.15, -0.1) is 11.8 Å². The maximum atomic E-state index is 12.3. The number of thioether (sulfide) groups is 1. The molecule has 1 aromatic rings. The first-order valence-electron chi connectivity index (χ1n) is 6.69. The molecule has 1 amide bonds. The molecular formula is C15H21NO3S. The maximum Gasteiger partial charge on any atom is 0.303 e. The van der Waals surface area contributed by atoms with Gasteiger partial charge < -0.3 is 10.0 Å². The van der Waals surface area contributed by atoms with Gasteiger partial charge in [-0.05, 0) is 23.8 Å². The first-order chi connectivity index (χ1) is 9.50.